The van der Waals surface area contributed by atoms with Crippen molar-refractivity contribution in [2.45, 2.75) is 19.3 Å². The molecule has 1 aliphatic carbocycles. The summed E-state index contributed by atoms with van der Waals surface area (Å²) in [4.78, 5) is 2.25. The molecule has 10 heavy (non-hydrogen) atoms. The van der Waals surface area contributed by atoms with E-state index in [1.165, 1.54) is 25.8 Å². The van der Waals surface area contributed by atoms with Crippen molar-refractivity contribution < 1.29 is 0 Å². The molecule has 0 spiro atoms. The van der Waals surface area contributed by atoms with Crippen LogP contribution in [-0.4, -0.2) is 18.5 Å². The van der Waals surface area contributed by atoms with Crippen LogP contribution < -0.4 is 0 Å². The zero-order chi connectivity index (χ0) is 6.97. The fourth-order valence-electron chi connectivity index (χ4n) is 1.78. The van der Waals surface area contributed by atoms with Gasteiger partial charge in [0.15, 0.2) is 0 Å². The molecule has 0 saturated carbocycles. The van der Waals surface area contributed by atoms with Crippen molar-refractivity contribution in [3.63, 3.8) is 0 Å². The van der Waals surface area contributed by atoms with Gasteiger partial charge in [-0.1, -0.05) is 0 Å². The highest BCUT2D eigenvalue weighted by Crippen LogP contribution is 2.29. The first-order chi connectivity index (χ1) is 4.86. The van der Waals surface area contributed by atoms with Crippen molar-refractivity contribution in [1.29, 1.82) is 0 Å². The minimum atomic E-state index is 1.17. The monoisotopic (exact) mass is 135 g/mol. The van der Waals surface area contributed by atoms with Crippen LogP contribution in [0.3, 0.4) is 0 Å². The number of hydrogen-bond acceptors (Lipinski definition) is 1. The van der Waals surface area contributed by atoms with Crippen molar-refractivity contribution in [1.82, 2.24) is 4.90 Å². The Bertz CT molecular complexity index is 201. The van der Waals surface area contributed by atoms with Gasteiger partial charge in [0.25, 0.3) is 0 Å². The Kier molecular flexibility index (Phi) is 1.30. The Morgan fingerprint density at radius 1 is 1.40 bits per heavy atom. The van der Waals surface area contributed by atoms with E-state index in [4.69, 9.17) is 0 Å². The number of rotatable bonds is 0. The Labute approximate surface area is 62.0 Å². The van der Waals surface area contributed by atoms with Crippen LogP contribution in [0.5, 0.6) is 0 Å². The molecule has 0 atom stereocenters. The summed E-state index contributed by atoms with van der Waals surface area (Å²) in [5, 5.41) is 0. The Morgan fingerprint density at radius 3 is 3.20 bits per heavy atom. The molecule has 0 aromatic heterocycles. The van der Waals surface area contributed by atoms with E-state index in [0.29, 0.717) is 0 Å². The summed E-state index contributed by atoms with van der Waals surface area (Å²) in [6.45, 7) is 1.17. The first-order valence-electron chi connectivity index (χ1n) is 3.95. The van der Waals surface area contributed by atoms with Crippen molar-refractivity contribution in [2.75, 3.05) is 13.6 Å². The average Bonchev–Trinajstić information content (AvgIpc) is 2.33. The lowest BCUT2D eigenvalue weighted by Gasteiger charge is -2.19. The molecule has 0 saturated heterocycles. The maximum atomic E-state index is 2.27. The lowest BCUT2D eigenvalue weighted by Crippen LogP contribution is -2.16. The molecule has 1 heterocycles. The summed E-state index contributed by atoms with van der Waals surface area (Å²) in [7, 11) is 2.14. The van der Waals surface area contributed by atoms with Gasteiger partial charge in [0, 0.05) is 13.6 Å². The first kappa shape index (κ1) is 6.02. The molecule has 0 amide bonds. The number of allylic oxidation sites excluding steroid dienone is 2. The summed E-state index contributed by atoms with van der Waals surface area (Å²) in [6, 6.07) is 0. The standard InChI is InChI=1S/C9H13N/c1-10-6-5-8-3-2-4-9(8)7-10/h5-6H,2-4,7H2,1H3. The third kappa shape index (κ3) is 0.859. The van der Waals surface area contributed by atoms with Crippen LogP contribution in [0.25, 0.3) is 0 Å². The zero-order valence-corrected chi connectivity index (χ0v) is 6.43. The zero-order valence-electron chi connectivity index (χ0n) is 6.43. The quantitative estimate of drug-likeness (QED) is 0.490. The third-order valence-corrected chi connectivity index (χ3v) is 2.35. The van der Waals surface area contributed by atoms with E-state index in [2.05, 4.69) is 24.2 Å². The average molecular weight is 135 g/mol. The molecular formula is C9H13N. The molecule has 2 aliphatic rings. The molecule has 54 valence electrons. The van der Waals surface area contributed by atoms with Gasteiger partial charge in [0.2, 0.25) is 0 Å². The predicted molar refractivity (Wildman–Crippen MR) is 42.6 cm³/mol. The second-order valence-electron chi connectivity index (χ2n) is 3.21. The SMILES string of the molecule is CN1C=CC2=C(CCC2)C1. The van der Waals surface area contributed by atoms with Crippen LogP contribution >= 0.6 is 0 Å². The van der Waals surface area contributed by atoms with Crippen molar-refractivity contribution in [3.05, 3.63) is 23.4 Å². The maximum Gasteiger partial charge on any atom is 0.0385 e. The molecular weight excluding hydrogens is 122 g/mol. The van der Waals surface area contributed by atoms with Gasteiger partial charge in [-0.15, -0.1) is 0 Å². The lowest BCUT2D eigenvalue weighted by molar-refractivity contribution is 0.484. The van der Waals surface area contributed by atoms with Crippen molar-refractivity contribution in [3.8, 4) is 0 Å². The van der Waals surface area contributed by atoms with Gasteiger partial charge >= 0.3 is 0 Å². The third-order valence-electron chi connectivity index (χ3n) is 2.35. The molecule has 2 rings (SSSR count). The van der Waals surface area contributed by atoms with Gasteiger partial charge in [0.05, 0.1) is 0 Å². The number of nitrogens with zero attached hydrogens (tertiary/aromatic N) is 1. The van der Waals surface area contributed by atoms with E-state index in [1.807, 2.05) is 0 Å². The smallest absolute Gasteiger partial charge is 0.0385 e. The fourth-order valence-corrected chi connectivity index (χ4v) is 1.78. The molecule has 1 aliphatic heterocycles. The summed E-state index contributed by atoms with van der Waals surface area (Å²) in [5.41, 5.74) is 3.28. The Morgan fingerprint density at radius 2 is 2.30 bits per heavy atom. The van der Waals surface area contributed by atoms with Crippen LogP contribution in [0.4, 0.5) is 0 Å². The van der Waals surface area contributed by atoms with E-state index in [9.17, 15) is 0 Å². The van der Waals surface area contributed by atoms with E-state index < -0.39 is 0 Å². The summed E-state index contributed by atoms with van der Waals surface area (Å²) in [6.07, 6.45) is 8.49. The van der Waals surface area contributed by atoms with E-state index in [0.717, 1.165) is 0 Å². The van der Waals surface area contributed by atoms with Crippen molar-refractivity contribution >= 4 is 0 Å². The largest absolute Gasteiger partial charge is 0.376 e. The molecule has 0 aromatic rings. The molecule has 0 unspecified atom stereocenters. The Balaban J connectivity index is 2.22. The summed E-state index contributed by atoms with van der Waals surface area (Å²) in [5.74, 6) is 0. The van der Waals surface area contributed by atoms with E-state index >= 15 is 0 Å². The minimum Gasteiger partial charge on any atom is -0.376 e. The van der Waals surface area contributed by atoms with Crippen LogP contribution in [0.1, 0.15) is 19.3 Å². The van der Waals surface area contributed by atoms with Gasteiger partial charge in [0.1, 0.15) is 0 Å². The van der Waals surface area contributed by atoms with Crippen molar-refractivity contribution in [2.24, 2.45) is 0 Å². The topological polar surface area (TPSA) is 3.24 Å². The highest BCUT2D eigenvalue weighted by molar-refractivity contribution is 5.33. The normalized spacial score (nSPS) is 23.9. The molecule has 0 bridgehead atoms. The summed E-state index contributed by atoms with van der Waals surface area (Å²) < 4.78 is 0. The highest BCUT2D eigenvalue weighted by Gasteiger charge is 2.15. The number of likely N-dealkylation sites (N-methyl/N-ethyl adjacent to an activating group) is 1. The Hall–Kier alpha value is -0.720. The predicted octanol–water partition coefficient (Wildman–Crippen LogP) is 1.93. The van der Waals surface area contributed by atoms with E-state index in [1.54, 1.807) is 11.1 Å². The van der Waals surface area contributed by atoms with Crippen LogP contribution in [0.15, 0.2) is 23.4 Å². The van der Waals surface area contributed by atoms with Crippen LogP contribution in [0.2, 0.25) is 0 Å². The van der Waals surface area contributed by atoms with Gasteiger partial charge in [-0.3, -0.25) is 0 Å². The minimum absolute atomic E-state index is 1.17. The molecule has 1 heteroatoms. The second kappa shape index (κ2) is 2.15. The molecule has 0 N–H and O–H groups in total. The molecule has 1 nitrogen and oxygen atoms in total. The first-order valence-corrected chi connectivity index (χ1v) is 3.95. The molecule has 0 radical (unpaired) electrons. The van der Waals surface area contributed by atoms with Gasteiger partial charge < -0.3 is 4.90 Å². The second-order valence-corrected chi connectivity index (χ2v) is 3.21. The van der Waals surface area contributed by atoms with Crippen LogP contribution in [0, 0.1) is 0 Å². The fraction of sp³-hybridized carbons (Fsp3) is 0.556. The molecule has 0 fully saturated rings. The van der Waals surface area contributed by atoms with Gasteiger partial charge in [-0.25, -0.2) is 0 Å². The highest BCUT2D eigenvalue weighted by atomic mass is 15.1. The molecule has 0 aromatic carbocycles. The van der Waals surface area contributed by atoms with Gasteiger partial charge in [-0.05, 0) is 42.7 Å². The van der Waals surface area contributed by atoms with Gasteiger partial charge in [-0.2, -0.15) is 0 Å². The van der Waals surface area contributed by atoms with Crippen LogP contribution in [-0.2, 0) is 0 Å². The maximum absolute atomic E-state index is 2.27. The van der Waals surface area contributed by atoms with E-state index in [-0.39, 0.29) is 0 Å². The lowest BCUT2D eigenvalue weighted by atomic mass is 10.1. The summed E-state index contributed by atoms with van der Waals surface area (Å²) >= 11 is 0. The number of hydrogen-bond donors (Lipinski definition) is 0.